The Balaban J connectivity index is 1.58. The molecule has 0 spiro atoms. The Morgan fingerprint density at radius 1 is 1.13 bits per heavy atom. The van der Waals surface area contributed by atoms with Gasteiger partial charge < -0.3 is 19.5 Å². The fraction of sp³-hybridized carbons (Fsp3) is 0.333. The van der Waals surface area contributed by atoms with Crippen LogP contribution in [0.15, 0.2) is 67.0 Å². The van der Waals surface area contributed by atoms with E-state index in [2.05, 4.69) is 75.4 Å². The van der Waals surface area contributed by atoms with Crippen LogP contribution >= 0.6 is 12.2 Å². The van der Waals surface area contributed by atoms with E-state index in [1.54, 1.807) is 0 Å². The van der Waals surface area contributed by atoms with Crippen molar-refractivity contribution < 1.29 is 4.74 Å². The fourth-order valence-electron chi connectivity index (χ4n) is 4.62. The lowest BCUT2D eigenvalue weighted by Gasteiger charge is -2.30. The van der Waals surface area contributed by atoms with Gasteiger partial charge >= 0.3 is 0 Å². The Morgan fingerprint density at radius 3 is 2.77 bits per heavy atom. The normalized spacial score (nSPS) is 23.7. The van der Waals surface area contributed by atoms with Gasteiger partial charge in [0.15, 0.2) is 5.11 Å². The number of aromatic nitrogens is 2. The van der Waals surface area contributed by atoms with Crippen molar-refractivity contribution in [2.24, 2.45) is 0 Å². The lowest BCUT2D eigenvalue weighted by Crippen LogP contribution is -2.36. The zero-order valence-corrected chi connectivity index (χ0v) is 17.9. The molecule has 0 radical (unpaired) electrons. The number of para-hydroxylation sites is 1. The Bertz CT molecular complexity index is 1030. The molecule has 0 unspecified atom stereocenters. The van der Waals surface area contributed by atoms with Crippen LogP contribution in [-0.4, -0.2) is 38.8 Å². The zero-order valence-electron chi connectivity index (χ0n) is 17.1. The highest BCUT2D eigenvalue weighted by molar-refractivity contribution is 7.80. The van der Waals surface area contributed by atoms with E-state index in [1.807, 2.05) is 18.3 Å². The first-order chi connectivity index (χ1) is 14.7. The third-order valence-corrected chi connectivity index (χ3v) is 6.43. The van der Waals surface area contributed by atoms with Crippen LogP contribution in [0.2, 0.25) is 0 Å². The fourth-order valence-corrected chi connectivity index (χ4v) is 4.93. The summed E-state index contributed by atoms with van der Waals surface area (Å²) in [7, 11) is 0. The van der Waals surface area contributed by atoms with Gasteiger partial charge in [0, 0.05) is 36.9 Å². The van der Waals surface area contributed by atoms with Crippen LogP contribution in [0.3, 0.4) is 0 Å². The molecule has 0 saturated carbocycles. The van der Waals surface area contributed by atoms with E-state index in [9.17, 15) is 0 Å². The summed E-state index contributed by atoms with van der Waals surface area (Å²) in [6.45, 7) is 3.78. The highest BCUT2D eigenvalue weighted by Crippen LogP contribution is 2.40. The summed E-state index contributed by atoms with van der Waals surface area (Å²) in [5.74, 6) is 0. The number of aryl methyl sites for hydroxylation is 1. The van der Waals surface area contributed by atoms with Gasteiger partial charge in [0.2, 0.25) is 0 Å². The maximum atomic E-state index is 5.95. The topological polar surface area (TPSA) is 42.3 Å². The molecule has 2 fully saturated rings. The molecule has 3 aromatic rings. The number of hydrogen-bond acceptors (Lipinski definition) is 3. The van der Waals surface area contributed by atoms with Gasteiger partial charge in [-0.3, -0.25) is 4.98 Å². The van der Waals surface area contributed by atoms with Crippen molar-refractivity contribution in [2.45, 2.75) is 38.0 Å². The third kappa shape index (κ3) is 3.50. The minimum Gasteiger partial charge on any atom is -0.376 e. The summed E-state index contributed by atoms with van der Waals surface area (Å²) in [6, 6.07) is 18.9. The molecule has 0 bridgehead atoms. The van der Waals surface area contributed by atoms with Crippen LogP contribution in [0.5, 0.6) is 0 Å². The molecule has 2 saturated heterocycles. The minimum atomic E-state index is -0.0160. The van der Waals surface area contributed by atoms with Crippen molar-refractivity contribution in [2.75, 3.05) is 13.2 Å². The molecule has 2 aromatic heterocycles. The molecule has 4 heterocycles. The Hall–Kier alpha value is -2.70. The quantitative estimate of drug-likeness (QED) is 0.625. The number of rotatable bonds is 5. The number of nitrogens with one attached hydrogen (secondary N) is 1. The molecule has 2 aliphatic rings. The predicted octanol–water partition coefficient (Wildman–Crippen LogP) is 4.33. The van der Waals surface area contributed by atoms with Crippen molar-refractivity contribution in [1.29, 1.82) is 0 Å². The molecule has 5 rings (SSSR count). The van der Waals surface area contributed by atoms with Crippen LogP contribution in [-0.2, 0) is 4.74 Å². The Labute approximate surface area is 182 Å². The van der Waals surface area contributed by atoms with Crippen LogP contribution in [0.4, 0.5) is 0 Å². The molecule has 2 aliphatic heterocycles. The van der Waals surface area contributed by atoms with Gasteiger partial charge in [-0.2, -0.15) is 0 Å². The SMILES string of the molecule is Cc1ccccc1-n1cccc1[C@@H]1[C@@H](c2ccccn2)NC(=S)N1C[C@@H]1CCCO1. The second-order valence-electron chi connectivity index (χ2n) is 8.00. The Morgan fingerprint density at radius 2 is 2.00 bits per heavy atom. The van der Waals surface area contributed by atoms with Gasteiger partial charge in [-0.05, 0) is 67.9 Å². The first kappa shape index (κ1) is 19.3. The van der Waals surface area contributed by atoms with Gasteiger partial charge in [0.1, 0.15) is 0 Å². The minimum absolute atomic E-state index is 0.0160. The molecule has 6 heteroatoms. The molecule has 1 aromatic carbocycles. The average molecular weight is 419 g/mol. The molecule has 3 atom stereocenters. The highest BCUT2D eigenvalue weighted by Gasteiger charge is 2.42. The lowest BCUT2D eigenvalue weighted by molar-refractivity contribution is 0.0836. The van der Waals surface area contributed by atoms with Gasteiger partial charge in [-0.1, -0.05) is 24.3 Å². The first-order valence-electron chi connectivity index (χ1n) is 10.6. The van der Waals surface area contributed by atoms with Crippen molar-refractivity contribution >= 4 is 17.3 Å². The van der Waals surface area contributed by atoms with Crippen molar-refractivity contribution in [3.8, 4) is 5.69 Å². The Kier molecular flexibility index (Phi) is 5.27. The third-order valence-electron chi connectivity index (χ3n) is 6.08. The first-order valence-corrected chi connectivity index (χ1v) is 11.0. The van der Waals surface area contributed by atoms with Gasteiger partial charge in [-0.15, -0.1) is 0 Å². The molecule has 30 heavy (non-hydrogen) atoms. The van der Waals surface area contributed by atoms with Crippen molar-refractivity contribution in [3.05, 3.63) is 83.9 Å². The summed E-state index contributed by atoms with van der Waals surface area (Å²) in [4.78, 5) is 6.95. The number of hydrogen-bond donors (Lipinski definition) is 1. The van der Waals surface area contributed by atoms with E-state index >= 15 is 0 Å². The van der Waals surface area contributed by atoms with Crippen LogP contribution in [0, 0.1) is 6.92 Å². The number of thiocarbonyl (C=S) groups is 1. The van der Waals surface area contributed by atoms with E-state index < -0.39 is 0 Å². The lowest BCUT2D eigenvalue weighted by atomic mass is 10.0. The maximum Gasteiger partial charge on any atom is 0.170 e. The van der Waals surface area contributed by atoms with Crippen LogP contribution in [0.25, 0.3) is 5.69 Å². The average Bonchev–Trinajstić information content (AvgIpc) is 3.51. The molecular formula is C24H26N4OS. The molecule has 1 N–H and O–H groups in total. The summed E-state index contributed by atoms with van der Waals surface area (Å²) < 4.78 is 8.24. The van der Waals surface area contributed by atoms with E-state index in [1.165, 1.54) is 16.9 Å². The second-order valence-corrected chi connectivity index (χ2v) is 8.39. The predicted molar refractivity (Wildman–Crippen MR) is 122 cm³/mol. The molecule has 154 valence electrons. The zero-order chi connectivity index (χ0) is 20.5. The van der Waals surface area contributed by atoms with E-state index in [0.717, 1.165) is 36.8 Å². The van der Waals surface area contributed by atoms with Gasteiger partial charge in [0.05, 0.1) is 23.9 Å². The summed E-state index contributed by atoms with van der Waals surface area (Å²) in [6.07, 6.45) is 6.40. The van der Waals surface area contributed by atoms with Crippen molar-refractivity contribution in [3.63, 3.8) is 0 Å². The summed E-state index contributed by atoms with van der Waals surface area (Å²) in [5, 5.41) is 4.32. The monoisotopic (exact) mass is 418 g/mol. The van der Waals surface area contributed by atoms with Crippen LogP contribution in [0.1, 0.15) is 41.9 Å². The molecule has 5 nitrogen and oxygen atoms in total. The van der Waals surface area contributed by atoms with Crippen LogP contribution < -0.4 is 5.32 Å². The smallest absolute Gasteiger partial charge is 0.170 e. The second kappa shape index (κ2) is 8.20. The number of benzene rings is 1. The summed E-state index contributed by atoms with van der Waals surface area (Å²) >= 11 is 5.81. The molecule has 0 amide bonds. The van der Waals surface area contributed by atoms with E-state index in [-0.39, 0.29) is 18.2 Å². The largest absolute Gasteiger partial charge is 0.376 e. The standard InChI is InChI=1S/C24H26N4OS/c1-17-8-2-3-11-20(17)27-14-6-12-21(27)23-22(19-10-4-5-13-25-19)26-24(30)28(23)16-18-9-7-15-29-18/h2-6,8,10-14,18,22-23H,7,9,15-16H2,1H3,(H,26,30)/t18-,22+,23+/m0/s1. The van der Waals surface area contributed by atoms with Crippen molar-refractivity contribution in [1.82, 2.24) is 19.8 Å². The van der Waals surface area contributed by atoms with E-state index in [0.29, 0.717) is 0 Å². The number of nitrogens with zero attached hydrogens (tertiary/aromatic N) is 3. The maximum absolute atomic E-state index is 5.95. The highest BCUT2D eigenvalue weighted by atomic mass is 32.1. The number of ether oxygens (including phenoxy) is 1. The van der Waals surface area contributed by atoms with Gasteiger partial charge in [0.25, 0.3) is 0 Å². The molecule has 0 aliphatic carbocycles. The van der Waals surface area contributed by atoms with E-state index in [4.69, 9.17) is 17.0 Å². The number of pyridine rings is 1. The molecular weight excluding hydrogens is 392 g/mol. The van der Waals surface area contributed by atoms with Gasteiger partial charge in [-0.25, -0.2) is 0 Å². The summed E-state index contributed by atoms with van der Waals surface area (Å²) in [5.41, 5.74) is 4.62.